The number of para-hydroxylation sites is 1. The maximum Gasteiger partial charge on any atom is 0.224 e. The van der Waals surface area contributed by atoms with Crippen molar-refractivity contribution in [3.63, 3.8) is 0 Å². The van der Waals surface area contributed by atoms with Gasteiger partial charge in [0.25, 0.3) is 0 Å². The summed E-state index contributed by atoms with van der Waals surface area (Å²) >= 11 is 0. The Morgan fingerprint density at radius 3 is 2.48 bits per heavy atom. The second kappa shape index (κ2) is 8.47. The first-order chi connectivity index (χ1) is 11.9. The highest BCUT2D eigenvalue weighted by Crippen LogP contribution is 2.24. The number of aryl methyl sites for hydroxylation is 1. The van der Waals surface area contributed by atoms with E-state index in [1.165, 1.54) is 7.11 Å². The van der Waals surface area contributed by atoms with Gasteiger partial charge in [0.05, 0.1) is 12.7 Å². The normalized spacial score (nSPS) is 10.6. The second-order valence-electron chi connectivity index (χ2n) is 6.42. The molecule has 2 aromatic rings. The van der Waals surface area contributed by atoms with Crippen LogP contribution in [0.15, 0.2) is 42.5 Å². The van der Waals surface area contributed by atoms with Crippen LogP contribution in [-0.4, -0.2) is 18.8 Å². The van der Waals surface area contributed by atoms with Crippen molar-refractivity contribution in [2.75, 3.05) is 12.4 Å². The summed E-state index contributed by atoms with van der Waals surface area (Å²) in [5.74, 6) is 0.608. The number of ketones is 1. The van der Waals surface area contributed by atoms with Gasteiger partial charge >= 0.3 is 0 Å². The molecule has 0 aromatic heterocycles. The first-order valence-corrected chi connectivity index (χ1v) is 8.49. The monoisotopic (exact) mass is 339 g/mol. The van der Waals surface area contributed by atoms with Crippen LogP contribution >= 0.6 is 0 Å². The molecule has 0 heterocycles. The van der Waals surface area contributed by atoms with Crippen LogP contribution in [0.5, 0.6) is 5.75 Å². The fraction of sp³-hybridized carbons (Fsp3) is 0.333. The summed E-state index contributed by atoms with van der Waals surface area (Å²) < 4.78 is 5.24. The van der Waals surface area contributed by atoms with Gasteiger partial charge in [0, 0.05) is 18.5 Å². The number of rotatable bonds is 7. The van der Waals surface area contributed by atoms with E-state index in [1.807, 2.05) is 37.3 Å². The topological polar surface area (TPSA) is 55.4 Å². The van der Waals surface area contributed by atoms with Crippen LogP contribution in [0.2, 0.25) is 0 Å². The number of benzene rings is 2. The molecule has 2 aromatic carbocycles. The molecule has 25 heavy (non-hydrogen) atoms. The predicted octanol–water partition coefficient (Wildman–Crippen LogP) is 4.73. The van der Waals surface area contributed by atoms with E-state index >= 15 is 0 Å². The van der Waals surface area contributed by atoms with Crippen LogP contribution in [0.1, 0.15) is 54.1 Å². The van der Waals surface area contributed by atoms with Gasteiger partial charge in [-0.3, -0.25) is 9.59 Å². The van der Waals surface area contributed by atoms with Crippen molar-refractivity contribution in [3.05, 3.63) is 59.2 Å². The summed E-state index contributed by atoms with van der Waals surface area (Å²) in [6, 6.07) is 13.2. The molecule has 132 valence electrons. The molecule has 0 saturated heterocycles. The lowest BCUT2D eigenvalue weighted by atomic mass is 10.0. The van der Waals surface area contributed by atoms with Crippen molar-refractivity contribution in [3.8, 4) is 5.75 Å². The molecule has 0 fully saturated rings. The van der Waals surface area contributed by atoms with E-state index in [0.29, 0.717) is 17.2 Å². The number of nitrogens with one attached hydrogen (secondary N) is 1. The number of carbonyl (C=O) groups is 2. The Kier molecular flexibility index (Phi) is 6.34. The number of anilines is 1. The van der Waals surface area contributed by atoms with E-state index in [-0.39, 0.29) is 24.5 Å². The van der Waals surface area contributed by atoms with E-state index in [9.17, 15) is 9.59 Å². The van der Waals surface area contributed by atoms with Crippen molar-refractivity contribution >= 4 is 17.4 Å². The Morgan fingerprint density at radius 1 is 1.08 bits per heavy atom. The molecule has 4 nitrogen and oxygen atoms in total. The molecule has 0 saturated carbocycles. The zero-order valence-corrected chi connectivity index (χ0v) is 15.3. The van der Waals surface area contributed by atoms with Crippen LogP contribution in [0.4, 0.5) is 5.69 Å². The van der Waals surface area contributed by atoms with E-state index in [4.69, 9.17) is 4.74 Å². The number of Topliss-reactive ketones (excluding diaryl/α,β-unsaturated/α-hetero) is 1. The van der Waals surface area contributed by atoms with Gasteiger partial charge < -0.3 is 10.1 Å². The van der Waals surface area contributed by atoms with Crippen molar-refractivity contribution in [1.82, 2.24) is 0 Å². The molecule has 0 radical (unpaired) electrons. The van der Waals surface area contributed by atoms with Crippen LogP contribution < -0.4 is 10.1 Å². The molecule has 0 spiro atoms. The summed E-state index contributed by atoms with van der Waals surface area (Å²) in [5.41, 5.74) is 3.41. The molecule has 2 rings (SSSR count). The summed E-state index contributed by atoms with van der Waals surface area (Å²) in [4.78, 5) is 24.7. The lowest BCUT2D eigenvalue weighted by Crippen LogP contribution is -2.15. The second-order valence-corrected chi connectivity index (χ2v) is 6.42. The van der Waals surface area contributed by atoms with E-state index in [2.05, 4.69) is 19.2 Å². The largest absolute Gasteiger partial charge is 0.496 e. The Bertz CT molecular complexity index is 765. The summed E-state index contributed by atoms with van der Waals surface area (Å²) in [6.45, 7) is 6.09. The predicted molar refractivity (Wildman–Crippen MR) is 100 cm³/mol. The standard InChI is InChI=1S/C21H25NO3/c1-14(2)16-7-5-6-8-18(16)22-21(24)12-10-19(23)17-13-15(3)9-11-20(17)25-4/h5-9,11,13-14H,10,12H2,1-4H3,(H,22,24). The molecule has 0 atom stereocenters. The fourth-order valence-electron chi connectivity index (χ4n) is 2.73. The summed E-state index contributed by atoms with van der Waals surface area (Å²) in [5, 5.41) is 2.92. The molecule has 0 unspecified atom stereocenters. The van der Waals surface area contributed by atoms with E-state index in [0.717, 1.165) is 16.8 Å². The molecule has 0 aliphatic rings. The molecular formula is C21H25NO3. The maximum atomic E-state index is 12.4. The molecule has 1 amide bonds. The number of hydrogen-bond donors (Lipinski definition) is 1. The Morgan fingerprint density at radius 2 is 1.80 bits per heavy atom. The van der Waals surface area contributed by atoms with Gasteiger partial charge in [-0.2, -0.15) is 0 Å². The minimum absolute atomic E-state index is 0.0900. The first-order valence-electron chi connectivity index (χ1n) is 8.49. The SMILES string of the molecule is COc1ccc(C)cc1C(=O)CCC(=O)Nc1ccccc1C(C)C. The fourth-order valence-corrected chi connectivity index (χ4v) is 2.73. The van der Waals surface area contributed by atoms with Crippen molar-refractivity contribution in [2.45, 2.75) is 39.5 Å². The molecular weight excluding hydrogens is 314 g/mol. The average Bonchev–Trinajstić information content (AvgIpc) is 2.60. The molecule has 0 aliphatic heterocycles. The molecule has 0 aliphatic carbocycles. The number of ether oxygens (including phenoxy) is 1. The van der Waals surface area contributed by atoms with Crippen LogP contribution in [-0.2, 0) is 4.79 Å². The van der Waals surface area contributed by atoms with E-state index in [1.54, 1.807) is 12.1 Å². The minimum atomic E-state index is -0.159. The molecule has 0 bridgehead atoms. The van der Waals surface area contributed by atoms with Crippen molar-refractivity contribution < 1.29 is 14.3 Å². The van der Waals surface area contributed by atoms with Gasteiger partial charge in [-0.15, -0.1) is 0 Å². The number of amides is 1. The number of carbonyl (C=O) groups excluding carboxylic acids is 2. The maximum absolute atomic E-state index is 12.4. The number of methoxy groups -OCH3 is 1. The quantitative estimate of drug-likeness (QED) is 0.742. The van der Waals surface area contributed by atoms with Crippen LogP contribution in [0.3, 0.4) is 0 Å². The first kappa shape index (κ1) is 18.7. The Hall–Kier alpha value is -2.62. The minimum Gasteiger partial charge on any atom is -0.496 e. The van der Waals surface area contributed by atoms with Crippen molar-refractivity contribution in [1.29, 1.82) is 0 Å². The van der Waals surface area contributed by atoms with Gasteiger partial charge in [-0.05, 0) is 36.6 Å². The smallest absolute Gasteiger partial charge is 0.224 e. The van der Waals surface area contributed by atoms with E-state index < -0.39 is 0 Å². The lowest BCUT2D eigenvalue weighted by molar-refractivity contribution is -0.116. The highest BCUT2D eigenvalue weighted by atomic mass is 16.5. The molecule has 4 heteroatoms. The van der Waals surface area contributed by atoms with Gasteiger partial charge in [0.1, 0.15) is 5.75 Å². The molecule has 1 N–H and O–H groups in total. The summed E-state index contributed by atoms with van der Waals surface area (Å²) in [6.07, 6.45) is 0.290. The van der Waals surface area contributed by atoms with Gasteiger partial charge in [-0.1, -0.05) is 43.7 Å². The van der Waals surface area contributed by atoms with Gasteiger partial charge in [-0.25, -0.2) is 0 Å². The van der Waals surface area contributed by atoms with Crippen LogP contribution in [0, 0.1) is 6.92 Å². The Labute approximate surface area is 149 Å². The summed E-state index contributed by atoms with van der Waals surface area (Å²) in [7, 11) is 1.54. The third-order valence-corrected chi connectivity index (χ3v) is 4.09. The van der Waals surface area contributed by atoms with Crippen molar-refractivity contribution in [2.24, 2.45) is 0 Å². The number of hydrogen-bond acceptors (Lipinski definition) is 3. The lowest BCUT2D eigenvalue weighted by Gasteiger charge is -2.13. The van der Waals surface area contributed by atoms with Gasteiger partial charge in [0.2, 0.25) is 5.91 Å². The zero-order chi connectivity index (χ0) is 18.4. The average molecular weight is 339 g/mol. The third kappa shape index (κ3) is 4.92. The van der Waals surface area contributed by atoms with Gasteiger partial charge in [0.15, 0.2) is 5.78 Å². The third-order valence-electron chi connectivity index (χ3n) is 4.09. The highest BCUT2D eigenvalue weighted by molar-refractivity contribution is 6.02. The van der Waals surface area contributed by atoms with Crippen LogP contribution in [0.25, 0.3) is 0 Å². The highest BCUT2D eigenvalue weighted by Gasteiger charge is 2.15. The zero-order valence-electron chi connectivity index (χ0n) is 15.3. The Balaban J connectivity index is 2.01.